The van der Waals surface area contributed by atoms with Crippen LogP contribution in [0.5, 0.6) is 0 Å². The van der Waals surface area contributed by atoms with Gasteiger partial charge in [-0.25, -0.2) is 0 Å². The van der Waals surface area contributed by atoms with Crippen LogP contribution in [0.25, 0.3) is 10.9 Å². The molecule has 4 heterocycles. The minimum Gasteiger partial charge on any atom is -0.386 e. The van der Waals surface area contributed by atoms with Crippen molar-refractivity contribution < 1.29 is 14.4 Å². The van der Waals surface area contributed by atoms with E-state index in [0.717, 1.165) is 46.6 Å². The number of nitrogens with zero attached hydrogens (tertiary/aromatic N) is 5. The number of hydrogen-bond donors (Lipinski definition) is 1. The Hall–Kier alpha value is -3.00. The molecule has 4 rings (SSSR count). The summed E-state index contributed by atoms with van der Waals surface area (Å²) in [4.78, 5) is 25.2. The topological polar surface area (TPSA) is 95.6 Å². The van der Waals surface area contributed by atoms with Crippen molar-refractivity contribution in [3.05, 3.63) is 47.7 Å². The van der Waals surface area contributed by atoms with E-state index >= 15 is 0 Å². The summed E-state index contributed by atoms with van der Waals surface area (Å²) in [6, 6.07) is 3.86. The smallest absolute Gasteiger partial charge is 0.222 e. The normalized spacial score (nSPS) is 19.0. The first-order valence-corrected chi connectivity index (χ1v) is 10.7. The number of fused-ring (bicyclic) bond motifs is 1. The van der Waals surface area contributed by atoms with Crippen molar-refractivity contribution in [2.75, 3.05) is 31.6 Å². The van der Waals surface area contributed by atoms with Crippen LogP contribution in [0.3, 0.4) is 0 Å². The Kier molecular flexibility index (Phi) is 5.91. The summed E-state index contributed by atoms with van der Waals surface area (Å²) in [6.07, 6.45) is 7.79. The molecule has 0 aromatic carbocycles. The summed E-state index contributed by atoms with van der Waals surface area (Å²) >= 11 is 0. The number of pyridine rings is 2. The molecule has 31 heavy (non-hydrogen) atoms. The Labute approximate surface area is 181 Å². The predicted molar refractivity (Wildman–Crippen MR) is 118 cm³/mol. The molecule has 0 saturated carbocycles. The van der Waals surface area contributed by atoms with E-state index in [4.69, 9.17) is 4.52 Å². The van der Waals surface area contributed by atoms with Crippen molar-refractivity contribution in [2.45, 2.75) is 45.1 Å². The number of piperidine rings is 1. The third-order valence-corrected chi connectivity index (χ3v) is 6.14. The zero-order valence-corrected chi connectivity index (χ0v) is 18.3. The van der Waals surface area contributed by atoms with Gasteiger partial charge in [0.25, 0.3) is 0 Å². The Bertz CT molecular complexity index is 1060. The van der Waals surface area contributed by atoms with Crippen LogP contribution in [0.4, 0.5) is 5.69 Å². The van der Waals surface area contributed by atoms with Crippen molar-refractivity contribution in [1.82, 2.24) is 20.0 Å². The number of hydrogen-bond acceptors (Lipinski definition) is 7. The minimum atomic E-state index is -0.969. The highest BCUT2D eigenvalue weighted by Gasteiger charge is 2.36. The molecule has 1 amide bonds. The Morgan fingerprint density at radius 3 is 2.94 bits per heavy atom. The molecule has 1 saturated heterocycles. The summed E-state index contributed by atoms with van der Waals surface area (Å²) in [6.45, 7) is 5.35. The lowest BCUT2D eigenvalue weighted by Gasteiger charge is -2.42. The van der Waals surface area contributed by atoms with Gasteiger partial charge in [-0.2, -0.15) is 0 Å². The van der Waals surface area contributed by atoms with Gasteiger partial charge < -0.3 is 19.4 Å². The van der Waals surface area contributed by atoms with E-state index in [2.05, 4.69) is 20.0 Å². The van der Waals surface area contributed by atoms with Crippen molar-refractivity contribution in [3.8, 4) is 0 Å². The molecule has 1 N–H and O–H groups in total. The Balaban J connectivity index is 1.42. The summed E-state index contributed by atoms with van der Waals surface area (Å²) < 4.78 is 5.18. The quantitative estimate of drug-likeness (QED) is 0.651. The van der Waals surface area contributed by atoms with Gasteiger partial charge in [0.05, 0.1) is 23.4 Å². The molecule has 0 spiro atoms. The number of aliphatic hydroxyl groups is 1. The predicted octanol–water partition coefficient (Wildman–Crippen LogP) is 2.66. The van der Waals surface area contributed by atoms with Gasteiger partial charge in [0.1, 0.15) is 5.76 Å². The van der Waals surface area contributed by atoms with E-state index in [9.17, 15) is 9.90 Å². The van der Waals surface area contributed by atoms with Crippen LogP contribution in [0.15, 0.2) is 35.2 Å². The monoisotopic (exact) mass is 423 g/mol. The van der Waals surface area contributed by atoms with Crippen molar-refractivity contribution in [2.24, 2.45) is 0 Å². The van der Waals surface area contributed by atoms with E-state index in [0.29, 0.717) is 32.4 Å². The molecule has 1 unspecified atom stereocenters. The van der Waals surface area contributed by atoms with E-state index < -0.39 is 5.60 Å². The van der Waals surface area contributed by atoms with Crippen LogP contribution >= 0.6 is 0 Å². The SMILES string of the molecule is Cc1noc(C)c1CCC(=O)N(C)CC1(O)CCCN(c2ccnc3ccncc23)C1. The van der Waals surface area contributed by atoms with Gasteiger partial charge in [0.2, 0.25) is 5.91 Å². The summed E-state index contributed by atoms with van der Waals surface area (Å²) in [5.74, 6) is 0.762. The zero-order valence-electron chi connectivity index (χ0n) is 18.3. The first-order valence-electron chi connectivity index (χ1n) is 10.7. The molecule has 3 aromatic heterocycles. The second-order valence-corrected chi connectivity index (χ2v) is 8.52. The summed E-state index contributed by atoms with van der Waals surface area (Å²) in [5.41, 5.74) is 2.75. The maximum Gasteiger partial charge on any atom is 0.222 e. The number of aryl methyl sites for hydroxylation is 2. The molecule has 0 bridgehead atoms. The lowest BCUT2D eigenvalue weighted by atomic mass is 9.91. The Morgan fingerprint density at radius 2 is 2.16 bits per heavy atom. The van der Waals surface area contributed by atoms with E-state index in [1.807, 2.05) is 32.2 Å². The zero-order chi connectivity index (χ0) is 22.0. The van der Waals surface area contributed by atoms with Crippen LogP contribution in [0.1, 0.15) is 36.3 Å². The number of β-amino-alcohol motifs (C(OH)–C–C–N with tert-alkyl or cyclic N) is 1. The second-order valence-electron chi connectivity index (χ2n) is 8.52. The maximum absolute atomic E-state index is 12.7. The number of carbonyl (C=O) groups excluding carboxylic acids is 1. The first-order chi connectivity index (χ1) is 14.9. The van der Waals surface area contributed by atoms with E-state index in [-0.39, 0.29) is 5.91 Å². The maximum atomic E-state index is 12.7. The highest BCUT2D eigenvalue weighted by Crippen LogP contribution is 2.31. The number of carbonyl (C=O) groups is 1. The number of amides is 1. The summed E-state index contributed by atoms with van der Waals surface area (Å²) in [7, 11) is 1.76. The molecule has 0 radical (unpaired) electrons. The van der Waals surface area contributed by atoms with Gasteiger partial charge in [0.15, 0.2) is 0 Å². The van der Waals surface area contributed by atoms with Gasteiger partial charge >= 0.3 is 0 Å². The number of likely N-dealkylation sites (N-methyl/N-ethyl adjacent to an activating group) is 1. The number of aromatic nitrogens is 3. The fraction of sp³-hybridized carbons (Fsp3) is 0.478. The highest BCUT2D eigenvalue weighted by atomic mass is 16.5. The fourth-order valence-corrected chi connectivity index (χ4v) is 4.51. The van der Waals surface area contributed by atoms with Crippen LogP contribution in [0, 0.1) is 13.8 Å². The van der Waals surface area contributed by atoms with Gasteiger partial charge in [-0.1, -0.05) is 5.16 Å². The average molecular weight is 424 g/mol. The third-order valence-electron chi connectivity index (χ3n) is 6.14. The van der Waals surface area contributed by atoms with Crippen molar-refractivity contribution in [3.63, 3.8) is 0 Å². The molecule has 8 heteroatoms. The highest BCUT2D eigenvalue weighted by molar-refractivity contribution is 5.90. The van der Waals surface area contributed by atoms with Gasteiger partial charge in [-0.3, -0.25) is 14.8 Å². The minimum absolute atomic E-state index is 0.00380. The second kappa shape index (κ2) is 8.63. The molecule has 1 aliphatic rings. The van der Waals surface area contributed by atoms with Crippen LogP contribution in [-0.4, -0.2) is 63.3 Å². The molecular formula is C23H29N5O3. The largest absolute Gasteiger partial charge is 0.386 e. The number of anilines is 1. The van der Waals surface area contributed by atoms with Crippen LogP contribution < -0.4 is 4.90 Å². The van der Waals surface area contributed by atoms with Crippen LogP contribution in [0.2, 0.25) is 0 Å². The van der Waals surface area contributed by atoms with Gasteiger partial charge in [0, 0.05) is 61.8 Å². The van der Waals surface area contributed by atoms with E-state index in [1.54, 1.807) is 24.3 Å². The molecule has 1 fully saturated rings. The standard InChI is InChI=1S/C23H29N5O3/c1-16-18(17(2)31-26-16)5-6-22(29)27(3)14-23(30)9-4-12-28(15-23)21-8-11-25-20-7-10-24-13-19(20)21/h7-8,10-11,13,30H,4-6,9,12,14-15H2,1-3H3. The lowest BCUT2D eigenvalue weighted by Crippen LogP contribution is -2.54. The lowest BCUT2D eigenvalue weighted by molar-refractivity contribution is -0.133. The molecule has 1 aliphatic heterocycles. The van der Waals surface area contributed by atoms with Crippen LogP contribution in [-0.2, 0) is 11.2 Å². The fourth-order valence-electron chi connectivity index (χ4n) is 4.51. The van der Waals surface area contributed by atoms with Crippen molar-refractivity contribution in [1.29, 1.82) is 0 Å². The molecule has 164 valence electrons. The first kappa shape index (κ1) is 21.2. The number of rotatable bonds is 6. The summed E-state index contributed by atoms with van der Waals surface area (Å²) in [5, 5.41) is 16.3. The molecule has 1 atom stereocenters. The van der Waals surface area contributed by atoms with Crippen molar-refractivity contribution >= 4 is 22.5 Å². The molecule has 3 aromatic rings. The Morgan fingerprint density at radius 1 is 1.32 bits per heavy atom. The van der Waals surface area contributed by atoms with Gasteiger partial charge in [-0.05, 0) is 45.2 Å². The average Bonchev–Trinajstić information content (AvgIpc) is 3.08. The molecular weight excluding hydrogens is 394 g/mol. The molecule has 8 nitrogen and oxygen atoms in total. The molecule has 0 aliphatic carbocycles. The van der Waals surface area contributed by atoms with E-state index in [1.165, 1.54) is 0 Å². The third kappa shape index (κ3) is 4.54. The van der Waals surface area contributed by atoms with Gasteiger partial charge in [-0.15, -0.1) is 0 Å².